The molecule has 0 saturated carbocycles. The Balaban J connectivity index is 1.98. The van der Waals surface area contributed by atoms with Crippen molar-refractivity contribution in [2.24, 2.45) is 5.92 Å². The summed E-state index contributed by atoms with van der Waals surface area (Å²) in [7, 11) is 0. The monoisotopic (exact) mass is 460 g/mol. The summed E-state index contributed by atoms with van der Waals surface area (Å²) in [5.74, 6) is -6.41. The highest BCUT2D eigenvalue weighted by molar-refractivity contribution is 5.92. The number of hydrogen-bond acceptors (Lipinski definition) is 6. The van der Waals surface area contributed by atoms with Crippen LogP contribution in [0.25, 0.3) is 0 Å². The molecule has 0 aliphatic carbocycles. The molecule has 0 bridgehead atoms. The zero-order valence-corrected chi connectivity index (χ0v) is 17.4. The first-order chi connectivity index (χ1) is 14.8. The molecule has 1 N–H and O–H groups in total. The number of ketones is 1. The topological polar surface area (TPSA) is 94.1 Å². The molecular weight excluding hydrogens is 439 g/mol. The number of carbonyl (C=O) groups excluding carboxylic acids is 2. The van der Waals surface area contributed by atoms with Gasteiger partial charge in [-0.2, -0.15) is 22.0 Å². The van der Waals surface area contributed by atoms with E-state index in [0.29, 0.717) is 11.3 Å². The van der Waals surface area contributed by atoms with Crippen molar-refractivity contribution in [2.75, 3.05) is 6.61 Å². The number of pyridine rings is 1. The highest BCUT2D eigenvalue weighted by atomic mass is 19.4. The van der Waals surface area contributed by atoms with Gasteiger partial charge >= 0.3 is 12.1 Å². The highest BCUT2D eigenvalue weighted by Gasteiger charge is 2.58. The van der Waals surface area contributed by atoms with Crippen molar-refractivity contribution in [2.45, 2.75) is 45.3 Å². The summed E-state index contributed by atoms with van der Waals surface area (Å²) < 4.78 is 66.5. The van der Waals surface area contributed by atoms with Gasteiger partial charge in [0, 0.05) is 30.3 Å². The Morgan fingerprint density at radius 2 is 1.75 bits per heavy atom. The molecule has 0 radical (unpaired) electrons. The summed E-state index contributed by atoms with van der Waals surface area (Å²) >= 11 is 0. The second-order valence-electron chi connectivity index (χ2n) is 7.32. The number of ether oxygens (including phenoxy) is 1. The first-order valence-corrected chi connectivity index (χ1v) is 9.49. The van der Waals surface area contributed by atoms with E-state index in [9.17, 15) is 31.5 Å². The van der Waals surface area contributed by atoms with Crippen molar-refractivity contribution in [3.63, 3.8) is 0 Å². The molecule has 0 aliphatic heterocycles. The first-order valence-electron chi connectivity index (χ1n) is 9.49. The fourth-order valence-corrected chi connectivity index (χ4v) is 2.36. The van der Waals surface area contributed by atoms with E-state index in [4.69, 9.17) is 0 Å². The third-order valence-electron chi connectivity index (χ3n) is 4.38. The maximum atomic E-state index is 12.9. The second-order valence-corrected chi connectivity index (χ2v) is 7.32. The van der Waals surface area contributed by atoms with Gasteiger partial charge in [-0.05, 0) is 30.7 Å². The number of rotatable bonds is 9. The number of Topliss-reactive ketones (excluding diaryl/α,β-unsaturated/α-hetero) is 1. The number of carbonyl (C=O) groups is 2. The highest BCUT2D eigenvalue weighted by Crippen LogP contribution is 2.35. The van der Waals surface area contributed by atoms with Gasteiger partial charge in [0.25, 0.3) is 5.91 Å². The molecule has 174 valence electrons. The Bertz CT molecular complexity index is 949. The molecule has 0 fully saturated rings. The van der Waals surface area contributed by atoms with Crippen LogP contribution >= 0.6 is 0 Å². The van der Waals surface area contributed by atoms with E-state index >= 15 is 0 Å². The van der Waals surface area contributed by atoms with Crippen LogP contribution in [0, 0.1) is 5.92 Å². The van der Waals surface area contributed by atoms with Crippen LogP contribution in [0.3, 0.4) is 0 Å². The van der Waals surface area contributed by atoms with E-state index in [1.54, 1.807) is 32.9 Å². The number of halogens is 5. The lowest BCUT2D eigenvalue weighted by Crippen LogP contribution is -2.41. The zero-order valence-electron chi connectivity index (χ0n) is 17.4. The normalized spacial score (nSPS) is 13.0. The molecule has 32 heavy (non-hydrogen) atoms. The van der Waals surface area contributed by atoms with Crippen LogP contribution in [-0.4, -0.2) is 45.6 Å². The van der Waals surface area contributed by atoms with Crippen LogP contribution in [0.4, 0.5) is 22.0 Å². The number of nitrogens with one attached hydrogen (secondary N) is 1. The van der Waals surface area contributed by atoms with Crippen molar-refractivity contribution < 1.29 is 36.3 Å². The molecule has 0 spiro atoms. The lowest BCUT2D eigenvalue weighted by atomic mass is 10.0. The van der Waals surface area contributed by atoms with Crippen molar-refractivity contribution in [3.8, 4) is 5.88 Å². The largest absolute Gasteiger partial charge is 0.470 e. The van der Waals surface area contributed by atoms with Gasteiger partial charge in [-0.15, -0.1) is 10.2 Å². The molecule has 0 aromatic carbocycles. The Labute approximate surface area is 180 Å². The number of alkyl halides is 5. The molecule has 12 heteroatoms. The number of amides is 1. The minimum Gasteiger partial charge on any atom is -0.470 e. The third-order valence-corrected chi connectivity index (χ3v) is 4.38. The van der Waals surface area contributed by atoms with Crippen molar-refractivity contribution in [1.29, 1.82) is 0 Å². The van der Waals surface area contributed by atoms with Crippen LogP contribution in [-0.2, 0) is 11.2 Å². The summed E-state index contributed by atoms with van der Waals surface area (Å²) in [6, 6.07) is 4.89. The summed E-state index contributed by atoms with van der Waals surface area (Å²) in [6.07, 6.45) is -4.08. The Hall–Kier alpha value is -3.18. The predicted octanol–water partition coefficient (Wildman–Crippen LogP) is 3.71. The maximum Gasteiger partial charge on any atom is 0.456 e. The molecule has 2 aromatic rings. The van der Waals surface area contributed by atoms with E-state index in [-0.39, 0.29) is 23.8 Å². The maximum absolute atomic E-state index is 12.9. The molecule has 2 aromatic heterocycles. The Morgan fingerprint density at radius 1 is 1.06 bits per heavy atom. The first kappa shape index (κ1) is 25.1. The minimum absolute atomic E-state index is 0.0249. The van der Waals surface area contributed by atoms with Crippen molar-refractivity contribution >= 4 is 11.7 Å². The van der Waals surface area contributed by atoms with Gasteiger partial charge in [-0.25, -0.2) is 0 Å². The lowest BCUT2D eigenvalue weighted by Gasteiger charge is -2.19. The van der Waals surface area contributed by atoms with E-state index in [1.165, 1.54) is 6.20 Å². The molecule has 1 unspecified atom stereocenters. The third kappa shape index (κ3) is 6.66. The van der Waals surface area contributed by atoms with Crippen LogP contribution in [0.1, 0.15) is 48.6 Å². The lowest BCUT2D eigenvalue weighted by molar-refractivity contribution is -0.290. The van der Waals surface area contributed by atoms with Gasteiger partial charge in [-0.1, -0.05) is 13.8 Å². The molecule has 1 atom stereocenters. The van der Waals surface area contributed by atoms with Crippen LogP contribution in [0.15, 0.2) is 30.5 Å². The average Bonchev–Trinajstić information content (AvgIpc) is 2.72. The molecule has 2 rings (SSSR count). The van der Waals surface area contributed by atoms with Gasteiger partial charge in [0.15, 0.2) is 12.3 Å². The standard InChI is InChI=1S/C20H21F5N4O3/c1-11(2)16(30)9-14-8-13(6-7-26-14)12(3)27-18(31)15-4-5-17(29-28-15)32-10-19(21,22)20(23,24)25/h4-8,11-12H,9-10H2,1-3H3,(H,27,31). The molecule has 0 saturated heterocycles. The fourth-order valence-electron chi connectivity index (χ4n) is 2.36. The van der Waals surface area contributed by atoms with Gasteiger partial charge in [-0.3, -0.25) is 14.6 Å². The summed E-state index contributed by atoms with van der Waals surface area (Å²) in [5.41, 5.74) is 1.04. The van der Waals surface area contributed by atoms with Gasteiger partial charge in [0.1, 0.15) is 5.78 Å². The summed E-state index contributed by atoms with van der Waals surface area (Å²) in [4.78, 5) is 28.4. The number of hydrogen-bond donors (Lipinski definition) is 1. The average molecular weight is 460 g/mol. The quantitative estimate of drug-likeness (QED) is 0.574. The van der Waals surface area contributed by atoms with Crippen molar-refractivity contribution in [1.82, 2.24) is 20.5 Å². The molecular formula is C20H21F5N4O3. The Kier molecular flexibility index (Phi) is 7.81. The van der Waals surface area contributed by atoms with Gasteiger partial charge in [0.05, 0.1) is 6.04 Å². The predicted molar refractivity (Wildman–Crippen MR) is 102 cm³/mol. The molecule has 7 nitrogen and oxygen atoms in total. The van der Waals surface area contributed by atoms with Crippen LogP contribution < -0.4 is 10.1 Å². The van der Waals surface area contributed by atoms with Crippen LogP contribution in [0.5, 0.6) is 5.88 Å². The Morgan fingerprint density at radius 3 is 2.31 bits per heavy atom. The van der Waals surface area contributed by atoms with E-state index in [1.807, 2.05) is 0 Å². The van der Waals surface area contributed by atoms with Crippen LogP contribution in [0.2, 0.25) is 0 Å². The SMILES string of the molecule is CC(C)C(=O)Cc1cc(C(C)NC(=O)c2ccc(OCC(F)(F)C(F)(F)F)nn2)ccn1. The summed E-state index contributed by atoms with van der Waals surface area (Å²) in [5, 5.41) is 9.49. The fraction of sp³-hybridized carbons (Fsp3) is 0.450. The van der Waals surface area contributed by atoms with Gasteiger partial charge < -0.3 is 10.1 Å². The zero-order chi connectivity index (χ0) is 24.1. The minimum atomic E-state index is -5.76. The second kappa shape index (κ2) is 9.96. The van der Waals surface area contributed by atoms with E-state index < -0.39 is 36.5 Å². The smallest absolute Gasteiger partial charge is 0.456 e. The van der Waals surface area contributed by atoms with E-state index in [2.05, 4.69) is 25.2 Å². The van der Waals surface area contributed by atoms with Crippen molar-refractivity contribution in [3.05, 3.63) is 47.4 Å². The molecule has 1 amide bonds. The number of nitrogens with zero attached hydrogens (tertiary/aromatic N) is 3. The molecule has 2 heterocycles. The summed E-state index contributed by atoms with van der Waals surface area (Å²) in [6.45, 7) is 3.30. The van der Waals surface area contributed by atoms with Gasteiger partial charge in [0.2, 0.25) is 5.88 Å². The van der Waals surface area contributed by atoms with E-state index in [0.717, 1.165) is 12.1 Å². The molecule has 0 aliphatic rings. The number of aromatic nitrogens is 3.